The Balaban J connectivity index is 1.70. The zero-order valence-corrected chi connectivity index (χ0v) is 12.7. The van der Waals surface area contributed by atoms with Gasteiger partial charge in [-0.15, -0.1) is 0 Å². The van der Waals surface area contributed by atoms with Crippen molar-refractivity contribution >= 4 is 6.09 Å². The second kappa shape index (κ2) is 6.29. The summed E-state index contributed by atoms with van der Waals surface area (Å²) in [6.07, 6.45) is 8.18. The predicted octanol–water partition coefficient (Wildman–Crippen LogP) is 2.75. The lowest BCUT2D eigenvalue weighted by atomic mass is 10.2. The summed E-state index contributed by atoms with van der Waals surface area (Å²) in [7, 11) is 0. The van der Waals surface area contributed by atoms with Gasteiger partial charge in [0.2, 0.25) is 0 Å². The van der Waals surface area contributed by atoms with Crippen LogP contribution in [-0.2, 0) is 17.7 Å². The van der Waals surface area contributed by atoms with Crippen LogP contribution in [0.1, 0.15) is 45.7 Å². The van der Waals surface area contributed by atoms with E-state index in [0.717, 1.165) is 18.9 Å². The Morgan fingerprint density at radius 3 is 2.90 bits per heavy atom. The lowest BCUT2D eigenvalue weighted by molar-refractivity contribution is 0.0528. The number of aromatic nitrogens is 2. The van der Waals surface area contributed by atoms with Gasteiger partial charge in [-0.1, -0.05) is 12.8 Å². The molecule has 0 aliphatic heterocycles. The Bertz CT molecular complexity index is 444. The smallest absolute Gasteiger partial charge is 0.407 e. The number of nitrogens with zero attached hydrogens (tertiary/aromatic N) is 2. The van der Waals surface area contributed by atoms with E-state index in [2.05, 4.69) is 14.9 Å². The molecule has 1 N–H and O–H groups in total. The van der Waals surface area contributed by atoms with Crippen LogP contribution in [0.3, 0.4) is 0 Å². The number of ether oxygens (including phenoxy) is 1. The summed E-state index contributed by atoms with van der Waals surface area (Å²) in [4.78, 5) is 15.7. The maximum atomic E-state index is 11.5. The van der Waals surface area contributed by atoms with Gasteiger partial charge >= 0.3 is 6.09 Å². The summed E-state index contributed by atoms with van der Waals surface area (Å²) in [6.45, 7) is 7.19. The minimum atomic E-state index is -0.448. The highest BCUT2D eigenvalue weighted by molar-refractivity contribution is 5.67. The Kier molecular flexibility index (Phi) is 4.68. The quantitative estimate of drug-likeness (QED) is 0.871. The summed E-state index contributed by atoms with van der Waals surface area (Å²) in [5.41, 5.74) is 0.720. The molecular weight excluding hydrogens is 254 g/mol. The number of carbonyl (C=O) groups is 1. The molecule has 5 nitrogen and oxygen atoms in total. The van der Waals surface area contributed by atoms with Crippen LogP contribution in [0.5, 0.6) is 0 Å². The molecule has 1 aromatic rings. The Morgan fingerprint density at radius 1 is 1.50 bits per heavy atom. The molecule has 20 heavy (non-hydrogen) atoms. The highest BCUT2D eigenvalue weighted by atomic mass is 16.6. The summed E-state index contributed by atoms with van der Waals surface area (Å²) < 4.78 is 7.39. The molecule has 0 aromatic carbocycles. The number of imidazole rings is 1. The first-order chi connectivity index (χ1) is 9.44. The summed E-state index contributed by atoms with van der Waals surface area (Å²) in [5, 5.41) is 2.78. The molecule has 112 valence electrons. The molecule has 1 saturated carbocycles. The maximum absolute atomic E-state index is 11.5. The number of amides is 1. The Morgan fingerprint density at radius 2 is 2.25 bits per heavy atom. The molecule has 1 aliphatic carbocycles. The maximum Gasteiger partial charge on any atom is 0.407 e. The van der Waals surface area contributed by atoms with Gasteiger partial charge in [-0.05, 0) is 33.1 Å². The van der Waals surface area contributed by atoms with E-state index >= 15 is 0 Å². The van der Waals surface area contributed by atoms with Crippen molar-refractivity contribution in [2.75, 3.05) is 6.54 Å². The SMILES string of the molecule is CC(C)(C)OC(=O)NCCc1cncn1CCC1CC1. The molecule has 0 bridgehead atoms. The molecule has 5 heteroatoms. The van der Waals surface area contributed by atoms with Gasteiger partial charge in [-0.2, -0.15) is 0 Å². The number of aryl methyl sites for hydroxylation is 1. The van der Waals surface area contributed by atoms with Gasteiger partial charge < -0.3 is 14.6 Å². The molecule has 2 rings (SSSR count). The molecule has 0 spiro atoms. The van der Waals surface area contributed by atoms with Crippen molar-refractivity contribution in [2.24, 2.45) is 5.92 Å². The second-order valence-corrected chi connectivity index (χ2v) is 6.49. The van der Waals surface area contributed by atoms with E-state index in [1.807, 2.05) is 33.3 Å². The third-order valence-corrected chi connectivity index (χ3v) is 3.32. The molecule has 0 radical (unpaired) electrons. The number of hydrogen-bond donors (Lipinski definition) is 1. The van der Waals surface area contributed by atoms with E-state index in [9.17, 15) is 4.79 Å². The third kappa shape index (κ3) is 5.23. The number of carbonyl (C=O) groups excluding carboxylic acids is 1. The average molecular weight is 279 g/mol. The normalized spacial score (nSPS) is 15.2. The lowest BCUT2D eigenvalue weighted by Gasteiger charge is -2.19. The molecule has 1 heterocycles. The molecule has 1 fully saturated rings. The minimum Gasteiger partial charge on any atom is -0.444 e. The fraction of sp³-hybridized carbons (Fsp3) is 0.733. The van der Waals surface area contributed by atoms with E-state index in [1.165, 1.54) is 25.0 Å². The van der Waals surface area contributed by atoms with Crippen molar-refractivity contribution in [3.05, 3.63) is 18.2 Å². The number of alkyl carbamates (subject to hydrolysis) is 1. The average Bonchev–Trinajstić information content (AvgIpc) is 3.05. The Hall–Kier alpha value is -1.52. The minimum absolute atomic E-state index is 0.360. The van der Waals surface area contributed by atoms with Gasteiger partial charge in [0.1, 0.15) is 5.60 Å². The van der Waals surface area contributed by atoms with Gasteiger partial charge in [-0.3, -0.25) is 0 Å². The van der Waals surface area contributed by atoms with Crippen LogP contribution >= 0.6 is 0 Å². The van der Waals surface area contributed by atoms with Gasteiger partial charge in [0, 0.05) is 31.4 Å². The van der Waals surface area contributed by atoms with Crippen molar-refractivity contribution in [2.45, 2.75) is 58.6 Å². The van der Waals surface area contributed by atoms with Gasteiger partial charge in [0.05, 0.1) is 6.33 Å². The third-order valence-electron chi connectivity index (χ3n) is 3.32. The van der Waals surface area contributed by atoms with Gasteiger partial charge in [0.25, 0.3) is 0 Å². The van der Waals surface area contributed by atoms with Crippen molar-refractivity contribution in [1.29, 1.82) is 0 Å². The molecular formula is C15H25N3O2. The fourth-order valence-electron chi connectivity index (χ4n) is 2.09. The van der Waals surface area contributed by atoms with Crippen LogP contribution in [-0.4, -0.2) is 27.8 Å². The topological polar surface area (TPSA) is 56.1 Å². The standard InChI is InChI=1S/C15H25N3O2/c1-15(2,3)20-14(19)17-8-6-13-10-16-11-18(13)9-7-12-4-5-12/h10-12H,4-9H2,1-3H3,(H,17,19). The molecule has 0 saturated heterocycles. The monoisotopic (exact) mass is 279 g/mol. The molecule has 0 unspecified atom stereocenters. The lowest BCUT2D eigenvalue weighted by Crippen LogP contribution is -2.33. The van der Waals surface area contributed by atoms with E-state index < -0.39 is 5.60 Å². The van der Waals surface area contributed by atoms with Crippen LogP contribution in [0, 0.1) is 5.92 Å². The number of nitrogens with one attached hydrogen (secondary N) is 1. The number of rotatable bonds is 6. The van der Waals surface area contributed by atoms with E-state index in [1.54, 1.807) is 0 Å². The molecule has 1 amide bonds. The second-order valence-electron chi connectivity index (χ2n) is 6.49. The van der Waals surface area contributed by atoms with Gasteiger partial charge in [0.15, 0.2) is 0 Å². The zero-order chi connectivity index (χ0) is 14.6. The first-order valence-corrected chi connectivity index (χ1v) is 7.40. The highest BCUT2D eigenvalue weighted by Crippen LogP contribution is 2.32. The molecule has 1 aromatic heterocycles. The summed E-state index contributed by atoms with van der Waals surface area (Å²) >= 11 is 0. The summed E-state index contributed by atoms with van der Waals surface area (Å²) in [6, 6.07) is 0. The molecule has 1 aliphatic rings. The van der Waals surface area contributed by atoms with Crippen LogP contribution < -0.4 is 5.32 Å². The van der Waals surface area contributed by atoms with Crippen LogP contribution in [0.25, 0.3) is 0 Å². The van der Waals surface area contributed by atoms with Crippen LogP contribution in [0.15, 0.2) is 12.5 Å². The van der Waals surface area contributed by atoms with E-state index in [0.29, 0.717) is 6.54 Å². The predicted molar refractivity (Wildman–Crippen MR) is 77.5 cm³/mol. The summed E-state index contributed by atoms with van der Waals surface area (Å²) in [5.74, 6) is 0.921. The van der Waals surface area contributed by atoms with Crippen molar-refractivity contribution < 1.29 is 9.53 Å². The first-order valence-electron chi connectivity index (χ1n) is 7.40. The van der Waals surface area contributed by atoms with Crippen molar-refractivity contribution in [3.8, 4) is 0 Å². The van der Waals surface area contributed by atoms with E-state index in [4.69, 9.17) is 4.74 Å². The van der Waals surface area contributed by atoms with Crippen molar-refractivity contribution in [1.82, 2.24) is 14.9 Å². The largest absolute Gasteiger partial charge is 0.444 e. The zero-order valence-electron chi connectivity index (χ0n) is 12.7. The molecule has 0 atom stereocenters. The first kappa shape index (κ1) is 14.9. The van der Waals surface area contributed by atoms with Gasteiger partial charge in [-0.25, -0.2) is 9.78 Å². The van der Waals surface area contributed by atoms with Crippen molar-refractivity contribution in [3.63, 3.8) is 0 Å². The highest BCUT2D eigenvalue weighted by Gasteiger charge is 2.21. The Labute approximate surface area is 120 Å². The van der Waals surface area contributed by atoms with Crippen LogP contribution in [0.4, 0.5) is 4.79 Å². The van der Waals surface area contributed by atoms with E-state index in [-0.39, 0.29) is 6.09 Å². The fourth-order valence-corrected chi connectivity index (χ4v) is 2.09. The van der Waals surface area contributed by atoms with Crippen LogP contribution in [0.2, 0.25) is 0 Å². The number of hydrogen-bond acceptors (Lipinski definition) is 3.